The molecule has 0 heterocycles. The van der Waals surface area contributed by atoms with Gasteiger partial charge in [-0.3, -0.25) is 0 Å². The topological polar surface area (TPSA) is 80.0 Å². The highest BCUT2D eigenvalue weighted by Gasteiger charge is 2.22. The van der Waals surface area contributed by atoms with Crippen LogP contribution in [-0.2, 0) is 17.9 Å². The van der Waals surface area contributed by atoms with Crippen LogP contribution in [0.2, 0.25) is 0 Å². The summed E-state index contributed by atoms with van der Waals surface area (Å²) in [4.78, 5) is 20.1. The molecule has 238 valence electrons. The molecule has 4 rings (SSSR count). The number of hydrogen-bond donors (Lipinski definition) is 2. The number of benzene rings is 3. The van der Waals surface area contributed by atoms with Crippen molar-refractivity contribution in [1.82, 2.24) is 9.80 Å². The summed E-state index contributed by atoms with van der Waals surface area (Å²) in [6.45, 7) is 5.56. The number of unbranched alkanes of at least 4 members (excludes halogenated alkanes) is 3. The van der Waals surface area contributed by atoms with E-state index in [1.165, 1.54) is 6.21 Å². The van der Waals surface area contributed by atoms with Crippen LogP contribution in [0.15, 0.2) is 108 Å². The summed E-state index contributed by atoms with van der Waals surface area (Å²) >= 11 is 0. The first-order valence-corrected chi connectivity index (χ1v) is 16.2. The lowest BCUT2D eigenvalue weighted by Gasteiger charge is -2.32. The number of nitrogens with zero attached hydrogens (tertiary/aromatic N) is 3. The number of aliphatic hydroxyl groups is 1. The second kappa shape index (κ2) is 18.3. The molecule has 0 bridgehead atoms. The second-order valence-electron chi connectivity index (χ2n) is 11.9. The van der Waals surface area contributed by atoms with Gasteiger partial charge in [-0.2, -0.15) is 0 Å². The lowest BCUT2D eigenvalue weighted by molar-refractivity contribution is -0.107. The summed E-state index contributed by atoms with van der Waals surface area (Å²) in [6.07, 6.45) is 10.5. The first-order chi connectivity index (χ1) is 22.5. The van der Waals surface area contributed by atoms with Gasteiger partial charge in [-0.05, 0) is 72.9 Å². The van der Waals surface area contributed by atoms with Crippen LogP contribution in [0.4, 0.5) is 0 Å². The van der Waals surface area contributed by atoms with E-state index in [0.717, 1.165) is 79.1 Å². The van der Waals surface area contributed by atoms with Crippen molar-refractivity contribution in [1.29, 1.82) is 5.41 Å². The monoisotopic (exact) mass is 614 g/mol. The molecule has 1 fully saturated rings. The van der Waals surface area contributed by atoms with Gasteiger partial charge >= 0.3 is 0 Å². The maximum atomic E-state index is 10.6. The maximum Gasteiger partial charge on any atom is 0.140 e. The number of aldehydes is 1. The molecule has 0 atom stereocenters. The highest BCUT2D eigenvalue weighted by Crippen LogP contribution is 2.28. The normalized spacial score (nSPS) is 16.6. The van der Waals surface area contributed by atoms with Gasteiger partial charge < -0.3 is 25.1 Å². The summed E-state index contributed by atoms with van der Waals surface area (Å²) in [6, 6.07) is 28.8. The van der Waals surface area contributed by atoms with Crippen molar-refractivity contribution < 1.29 is 9.90 Å². The summed E-state index contributed by atoms with van der Waals surface area (Å²) in [7, 11) is 2.04. The molecule has 46 heavy (non-hydrogen) atoms. The van der Waals surface area contributed by atoms with E-state index in [9.17, 15) is 9.90 Å². The summed E-state index contributed by atoms with van der Waals surface area (Å²) in [5.74, 6) is 7.22. The maximum absolute atomic E-state index is 10.6. The third-order valence-corrected chi connectivity index (χ3v) is 8.36. The molecule has 3 aromatic carbocycles. The molecule has 6 heteroatoms. The Kier molecular flexibility index (Phi) is 13.6. The Morgan fingerprint density at radius 2 is 1.63 bits per heavy atom. The van der Waals surface area contributed by atoms with E-state index in [0.29, 0.717) is 36.9 Å². The minimum atomic E-state index is -0.222. The van der Waals surface area contributed by atoms with Gasteiger partial charge in [-0.1, -0.05) is 91.2 Å². The Morgan fingerprint density at radius 3 is 2.33 bits per heavy atom. The van der Waals surface area contributed by atoms with Gasteiger partial charge in [0, 0.05) is 56.4 Å². The average molecular weight is 615 g/mol. The van der Waals surface area contributed by atoms with Crippen LogP contribution in [-0.4, -0.2) is 52.9 Å². The van der Waals surface area contributed by atoms with Crippen molar-refractivity contribution in [3.05, 3.63) is 125 Å². The van der Waals surface area contributed by atoms with Crippen molar-refractivity contribution >= 4 is 24.4 Å². The van der Waals surface area contributed by atoms with Gasteiger partial charge in [-0.15, -0.1) is 0 Å². The molecule has 6 nitrogen and oxygen atoms in total. The van der Waals surface area contributed by atoms with Gasteiger partial charge in [0.1, 0.15) is 12.1 Å². The van der Waals surface area contributed by atoms with E-state index in [4.69, 9.17) is 10.4 Å². The Morgan fingerprint density at radius 1 is 0.957 bits per heavy atom. The molecule has 2 N–H and O–H groups in total. The summed E-state index contributed by atoms with van der Waals surface area (Å²) in [5, 5.41) is 18.6. The number of hydrogen-bond acceptors (Lipinski definition) is 5. The molecule has 0 aliphatic heterocycles. The van der Waals surface area contributed by atoms with E-state index in [-0.39, 0.29) is 6.10 Å². The largest absolute Gasteiger partial charge is 0.393 e. The third kappa shape index (κ3) is 10.4. The average Bonchev–Trinajstić information content (AvgIpc) is 3.09. The molecule has 1 aliphatic rings. The Bertz CT molecular complexity index is 1540. The van der Waals surface area contributed by atoms with Gasteiger partial charge in [0.25, 0.3) is 0 Å². The predicted octanol–water partition coefficient (Wildman–Crippen LogP) is 7.64. The number of allylic oxidation sites excluding steroid dienone is 2. The highest BCUT2D eigenvalue weighted by molar-refractivity contribution is 5.99. The zero-order chi connectivity index (χ0) is 32.6. The fourth-order valence-electron chi connectivity index (χ4n) is 5.69. The molecule has 0 saturated heterocycles. The number of rotatable bonds is 15. The molecule has 0 radical (unpaired) electrons. The molecule has 0 amide bonds. The van der Waals surface area contributed by atoms with Crippen molar-refractivity contribution in [2.75, 3.05) is 7.05 Å². The van der Waals surface area contributed by atoms with E-state index in [2.05, 4.69) is 52.5 Å². The summed E-state index contributed by atoms with van der Waals surface area (Å²) < 4.78 is 0. The number of nitrogens with one attached hydrogen (secondary N) is 1. The van der Waals surface area contributed by atoms with Crippen molar-refractivity contribution in [2.45, 2.75) is 76.6 Å². The number of aliphatic imine (C=N–C) groups is 1. The lowest BCUT2D eigenvalue weighted by Crippen LogP contribution is -2.35. The molecule has 1 aliphatic carbocycles. The van der Waals surface area contributed by atoms with E-state index < -0.39 is 0 Å². The fourth-order valence-corrected chi connectivity index (χ4v) is 5.69. The Hall–Kier alpha value is -4.73. The second-order valence-corrected chi connectivity index (χ2v) is 11.9. The predicted molar refractivity (Wildman–Crippen MR) is 189 cm³/mol. The van der Waals surface area contributed by atoms with E-state index >= 15 is 0 Å². The fraction of sp³-hybridized carbons (Fsp3) is 0.325. The van der Waals surface area contributed by atoms with Crippen molar-refractivity contribution in [3.63, 3.8) is 0 Å². The molecule has 0 unspecified atom stereocenters. The van der Waals surface area contributed by atoms with Crippen LogP contribution < -0.4 is 0 Å². The quantitative estimate of drug-likeness (QED) is 0.0461. The summed E-state index contributed by atoms with van der Waals surface area (Å²) in [5.41, 5.74) is 5.48. The van der Waals surface area contributed by atoms with Crippen molar-refractivity contribution in [2.24, 2.45) is 4.99 Å². The highest BCUT2D eigenvalue weighted by atomic mass is 16.3. The standard InChI is InChI=1S/C40H46N4O2/c1-32(36-20-11-7-12-21-36)39(28-41)40(42-31-43(2)37-22-24-38(46)25-23-37)44(29-34-16-9-6-10-17-34)30-35-19-14-18-33(27-35)15-8-4-3-5-13-26-45/h6-7,9-12,14,16-21,26-28,31,37-38,41,46H,1,3-5,13,22-25,29-30H2,2H3/b40-39-,41-28?,42-31-. The zero-order valence-electron chi connectivity index (χ0n) is 26.9. The van der Waals surface area contributed by atoms with Gasteiger partial charge in [0.15, 0.2) is 0 Å². The van der Waals surface area contributed by atoms with Crippen LogP contribution in [0, 0.1) is 17.3 Å². The molecular weight excluding hydrogens is 568 g/mol. The van der Waals surface area contributed by atoms with Gasteiger partial charge in [-0.25, -0.2) is 4.99 Å². The first-order valence-electron chi connectivity index (χ1n) is 16.2. The van der Waals surface area contributed by atoms with Crippen molar-refractivity contribution in [3.8, 4) is 11.8 Å². The number of carbonyl (C=O) groups excluding carboxylic acids is 1. The molecule has 1 saturated carbocycles. The zero-order valence-corrected chi connectivity index (χ0v) is 26.9. The molecular formula is C40H46N4O2. The number of aliphatic hydroxyl groups excluding tert-OH is 1. The van der Waals surface area contributed by atoms with Gasteiger partial charge in [0.2, 0.25) is 0 Å². The van der Waals surface area contributed by atoms with E-state index in [1.54, 1.807) is 0 Å². The molecule has 0 aromatic heterocycles. The SMILES string of the molecule is C=C(/C(C=N)=C(/N=C\N(C)C1CCC(O)CC1)N(Cc1ccccc1)Cc1cccc(C#CCCCCC=O)c1)c1ccccc1. The van der Waals surface area contributed by atoms with Gasteiger partial charge in [0.05, 0.1) is 12.4 Å². The van der Waals surface area contributed by atoms with Crippen LogP contribution in [0.5, 0.6) is 0 Å². The van der Waals surface area contributed by atoms with Crippen LogP contribution in [0.1, 0.15) is 73.6 Å². The van der Waals surface area contributed by atoms with E-state index in [1.807, 2.05) is 74.0 Å². The van der Waals surface area contributed by atoms with Crippen LogP contribution in [0.25, 0.3) is 5.57 Å². The lowest BCUT2D eigenvalue weighted by atomic mass is 9.92. The molecule has 3 aromatic rings. The Balaban J connectivity index is 1.72. The van der Waals surface area contributed by atoms with Crippen LogP contribution in [0.3, 0.4) is 0 Å². The number of carbonyl (C=O) groups is 1. The Labute approximate surface area is 274 Å². The third-order valence-electron chi connectivity index (χ3n) is 8.36. The molecule has 0 spiro atoms. The smallest absolute Gasteiger partial charge is 0.140 e. The first kappa shape index (κ1) is 34.1. The minimum Gasteiger partial charge on any atom is -0.393 e. The minimum absolute atomic E-state index is 0.222. The van der Waals surface area contributed by atoms with Crippen LogP contribution >= 0.6 is 0 Å².